The van der Waals surface area contributed by atoms with Crippen LogP contribution in [0.25, 0.3) is 0 Å². The predicted octanol–water partition coefficient (Wildman–Crippen LogP) is 1.88. The van der Waals surface area contributed by atoms with Crippen LogP contribution in [0.3, 0.4) is 0 Å². The molecule has 0 aliphatic carbocycles. The van der Waals surface area contributed by atoms with Gasteiger partial charge < -0.3 is 10.1 Å². The molecule has 0 radical (unpaired) electrons. The van der Waals surface area contributed by atoms with E-state index in [4.69, 9.17) is 4.74 Å². The maximum absolute atomic E-state index is 11.7. The van der Waals surface area contributed by atoms with Gasteiger partial charge in [-0.2, -0.15) is 0 Å². The molecule has 5 nitrogen and oxygen atoms in total. The SMILES string of the molecule is O=C(CCNc1cccccc1=O)OCCN1CCCCC1. The van der Waals surface area contributed by atoms with Crippen molar-refractivity contribution >= 4 is 11.7 Å². The maximum Gasteiger partial charge on any atom is 0.307 e. The first-order chi connectivity index (χ1) is 10.8. The van der Waals surface area contributed by atoms with E-state index >= 15 is 0 Å². The molecule has 22 heavy (non-hydrogen) atoms. The minimum Gasteiger partial charge on any atom is -0.464 e. The Bertz CT molecular complexity index is 527. The zero-order chi connectivity index (χ0) is 15.6. The number of esters is 1. The van der Waals surface area contributed by atoms with Crippen molar-refractivity contribution in [1.82, 2.24) is 4.90 Å². The molecule has 0 atom stereocenters. The van der Waals surface area contributed by atoms with Crippen LogP contribution in [0.2, 0.25) is 0 Å². The number of hydrogen-bond donors (Lipinski definition) is 1. The molecule has 0 aromatic heterocycles. The zero-order valence-electron chi connectivity index (χ0n) is 12.9. The second-order valence-electron chi connectivity index (χ2n) is 5.49. The number of nitrogens with zero attached hydrogens (tertiary/aromatic N) is 1. The fourth-order valence-electron chi connectivity index (χ4n) is 2.52. The first-order valence-corrected chi connectivity index (χ1v) is 7.97. The highest BCUT2D eigenvalue weighted by Crippen LogP contribution is 2.07. The van der Waals surface area contributed by atoms with Gasteiger partial charge in [-0.1, -0.05) is 24.6 Å². The first kappa shape index (κ1) is 16.5. The number of anilines is 1. The molecule has 5 heteroatoms. The van der Waals surface area contributed by atoms with E-state index in [0.29, 0.717) is 18.8 Å². The number of nitrogens with one attached hydrogen (secondary N) is 1. The summed E-state index contributed by atoms with van der Waals surface area (Å²) >= 11 is 0. The van der Waals surface area contributed by atoms with Crippen LogP contribution in [-0.4, -0.2) is 43.7 Å². The van der Waals surface area contributed by atoms with Crippen molar-refractivity contribution in [3.05, 3.63) is 40.6 Å². The molecule has 120 valence electrons. The Kier molecular flexibility index (Phi) is 6.90. The lowest BCUT2D eigenvalue weighted by atomic mass is 10.1. The van der Waals surface area contributed by atoms with Gasteiger partial charge in [-0.15, -0.1) is 0 Å². The summed E-state index contributed by atoms with van der Waals surface area (Å²) in [5.74, 6) is -0.225. The molecule has 0 spiro atoms. The van der Waals surface area contributed by atoms with Crippen molar-refractivity contribution in [3.63, 3.8) is 0 Å². The molecule has 0 saturated carbocycles. The summed E-state index contributed by atoms with van der Waals surface area (Å²) < 4.78 is 5.23. The van der Waals surface area contributed by atoms with Crippen molar-refractivity contribution in [2.24, 2.45) is 0 Å². The van der Waals surface area contributed by atoms with Crippen molar-refractivity contribution in [2.45, 2.75) is 25.7 Å². The van der Waals surface area contributed by atoms with Gasteiger partial charge in [-0.25, -0.2) is 0 Å². The smallest absolute Gasteiger partial charge is 0.307 e. The summed E-state index contributed by atoms with van der Waals surface area (Å²) in [6.45, 7) is 3.89. The van der Waals surface area contributed by atoms with Gasteiger partial charge in [0.2, 0.25) is 5.43 Å². The van der Waals surface area contributed by atoms with E-state index in [1.807, 2.05) is 0 Å². The molecule has 1 saturated heterocycles. The number of rotatable bonds is 7. The molecule has 2 rings (SSSR count). The molecule has 1 aliphatic heterocycles. The molecule has 1 aliphatic rings. The van der Waals surface area contributed by atoms with E-state index in [9.17, 15) is 9.59 Å². The maximum atomic E-state index is 11.7. The van der Waals surface area contributed by atoms with E-state index in [0.717, 1.165) is 19.6 Å². The second-order valence-corrected chi connectivity index (χ2v) is 5.49. The third-order valence-electron chi connectivity index (χ3n) is 3.76. The lowest BCUT2D eigenvalue weighted by molar-refractivity contribution is -0.143. The lowest BCUT2D eigenvalue weighted by Crippen LogP contribution is -2.33. The van der Waals surface area contributed by atoms with Crippen LogP contribution in [0.4, 0.5) is 5.69 Å². The summed E-state index contributed by atoms with van der Waals surface area (Å²) in [5, 5.41) is 2.98. The van der Waals surface area contributed by atoms with E-state index in [1.54, 1.807) is 24.3 Å². The standard InChI is InChI=1S/C17H24N2O3/c20-16-8-4-1-3-7-15(16)18-10-9-17(21)22-14-13-19-11-5-2-6-12-19/h1,3-4,7-8H,2,5-6,9-14H2,(H,18,20). The number of hydrogen-bond acceptors (Lipinski definition) is 5. The highest BCUT2D eigenvalue weighted by Gasteiger charge is 2.10. The number of ether oxygens (including phenoxy) is 1. The summed E-state index contributed by atoms with van der Waals surface area (Å²) in [6.07, 6.45) is 4.05. The Morgan fingerprint density at radius 1 is 1.14 bits per heavy atom. The summed E-state index contributed by atoms with van der Waals surface area (Å²) in [5.41, 5.74) is 0.426. The molecule has 1 fully saturated rings. The molecule has 1 aromatic carbocycles. The van der Waals surface area contributed by atoms with E-state index < -0.39 is 0 Å². The summed E-state index contributed by atoms with van der Waals surface area (Å²) in [6, 6.07) is 8.49. The minimum absolute atomic E-state index is 0.0801. The van der Waals surface area contributed by atoms with Crippen molar-refractivity contribution in [3.8, 4) is 0 Å². The van der Waals surface area contributed by atoms with Crippen LogP contribution < -0.4 is 10.7 Å². The molecule has 1 aromatic rings. The topological polar surface area (TPSA) is 58.6 Å². The van der Waals surface area contributed by atoms with Crippen molar-refractivity contribution in [1.29, 1.82) is 0 Å². The van der Waals surface area contributed by atoms with E-state index in [2.05, 4.69) is 10.2 Å². The van der Waals surface area contributed by atoms with Gasteiger partial charge in [-0.3, -0.25) is 14.5 Å². The van der Waals surface area contributed by atoms with Gasteiger partial charge >= 0.3 is 5.97 Å². The number of carbonyl (C=O) groups is 1. The Morgan fingerprint density at radius 3 is 2.73 bits per heavy atom. The molecule has 0 bridgehead atoms. The fourth-order valence-corrected chi connectivity index (χ4v) is 2.52. The second kappa shape index (κ2) is 9.20. The average molecular weight is 304 g/mol. The monoisotopic (exact) mass is 304 g/mol. The number of piperidine rings is 1. The van der Waals surface area contributed by atoms with Crippen LogP contribution in [-0.2, 0) is 9.53 Å². The zero-order valence-corrected chi connectivity index (χ0v) is 12.9. The van der Waals surface area contributed by atoms with E-state index in [1.165, 1.54) is 25.3 Å². The van der Waals surface area contributed by atoms with Crippen LogP contribution in [0.15, 0.2) is 35.1 Å². The lowest BCUT2D eigenvalue weighted by Gasteiger charge is -2.25. The normalized spacial score (nSPS) is 15.3. The molecule has 0 unspecified atom stereocenters. The Hall–Kier alpha value is -1.88. The molecule has 0 amide bonds. The van der Waals surface area contributed by atoms with Crippen molar-refractivity contribution in [2.75, 3.05) is 38.1 Å². The minimum atomic E-state index is -0.225. The van der Waals surface area contributed by atoms with Gasteiger partial charge in [0, 0.05) is 13.1 Å². The van der Waals surface area contributed by atoms with Crippen LogP contribution in [0, 0.1) is 0 Å². The van der Waals surface area contributed by atoms with Crippen molar-refractivity contribution < 1.29 is 9.53 Å². The van der Waals surface area contributed by atoms with Gasteiger partial charge in [0.25, 0.3) is 0 Å². The Labute approximate surface area is 131 Å². The van der Waals surface area contributed by atoms with Crippen LogP contribution in [0.1, 0.15) is 25.7 Å². The summed E-state index contributed by atoms with van der Waals surface area (Å²) in [7, 11) is 0. The molecule has 1 N–H and O–H groups in total. The average Bonchev–Trinajstić information content (AvgIpc) is 2.73. The summed E-state index contributed by atoms with van der Waals surface area (Å²) in [4.78, 5) is 25.7. The van der Waals surface area contributed by atoms with Gasteiger partial charge in [-0.05, 0) is 38.1 Å². The Morgan fingerprint density at radius 2 is 1.91 bits per heavy atom. The third kappa shape index (κ3) is 5.85. The third-order valence-corrected chi connectivity index (χ3v) is 3.76. The molecular formula is C17H24N2O3. The Balaban J connectivity index is 1.61. The largest absolute Gasteiger partial charge is 0.464 e. The van der Waals surface area contributed by atoms with E-state index in [-0.39, 0.29) is 17.8 Å². The van der Waals surface area contributed by atoms with Gasteiger partial charge in [0.05, 0.1) is 12.1 Å². The number of likely N-dealkylation sites (tertiary alicyclic amines) is 1. The first-order valence-electron chi connectivity index (χ1n) is 7.97. The fraction of sp³-hybridized carbons (Fsp3) is 0.529. The van der Waals surface area contributed by atoms with Crippen LogP contribution >= 0.6 is 0 Å². The highest BCUT2D eigenvalue weighted by atomic mass is 16.5. The quantitative estimate of drug-likeness (QED) is 0.779. The van der Waals surface area contributed by atoms with Gasteiger partial charge in [0.1, 0.15) is 6.61 Å². The molecular weight excluding hydrogens is 280 g/mol. The predicted molar refractivity (Wildman–Crippen MR) is 87.1 cm³/mol. The number of carbonyl (C=O) groups excluding carboxylic acids is 1. The van der Waals surface area contributed by atoms with Gasteiger partial charge in [0.15, 0.2) is 0 Å². The molecule has 1 heterocycles. The van der Waals surface area contributed by atoms with Crippen LogP contribution in [0.5, 0.6) is 0 Å². The highest BCUT2D eigenvalue weighted by molar-refractivity contribution is 5.70.